The summed E-state index contributed by atoms with van der Waals surface area (Å²) in [5.74, 6) is 2.51. The van der Waals surface area contributed by atoms with E-state index in [1.54, 1.807) is 36.4 Å². The van der Waals surface area contributed by atoms with Crippen molar-refractivity contribution in [3.8, 4) is 79.0 Å². The van der Waals surface area contributed by atoms with Crippen molar-refractivity contribution >= 4 is 43.5 Å². The monoisotopic (exact) mass is 732 g/mol. The predicted molar refractivity (Wildman–Crippen MR) is 217 cm³/mol. The highest BCUT2D eigenvalue weighted by molar-refractivity contribution is 6.13. The first-order valence-electron chi connectivity index (χ1n) is 18.2. The van der Waals surface area contributed by atoms with Crippen LogP contribution in [0.5, 0.6) is 23.0 Å². The predicted octanol–water partition coefficient (Wildman–Crippen LogP) is 10.6. The number of hydrogen-bond acceptors (Lipinski definition) is 8. The molecule has 0 aromatic heterocycles. The number of phenolic OH excluding ortho intramolecular Hbond substituents is 2. The lowest BCUT2D eigenvalue weighted by Crippen LogP contribution is -2.13. The van der Waals surface area contributed by atoms with E-state index in [9.17, 15) is 19.8 Å². The number of aromatic hydroxyl groups is 2. The maximum absolute atomic E-state index is 12.4. The molecule has 6 aromatic rings. The van der Waals surface area contributed by atoms with Crippen LogP contribution in [0.25, 0.3) is 99.5 Å². The lowest BCUT2D eigenvalue weighted by Gasteiger charge is -2.23. The zero-order valence-corrected chi connectivity index (χ0v) is 29.5. The van der Waals surface area contributed by atoms with Crippen molar-refractivity contribution in [3.63, 3.8) is 0 Å². The fourth-order valence-electron chi connectivity index (χ4n) is 8.33. The average Bonchev–Trinajstić information content (AvgIpc) is 3.18. The van der Waals surface area contributed by atoms with Gasteiger partial charge in [-0.1, -0.05) is 36.4 Å². The second kappa shape index (κ2) is 12.0. The van der Waals surface area contributed by atoms with E-state index in [0.717, 1.165) is 88.3 Å². The summed E-state index contributed by atoms with van der Waals surface area (Å²) in [6, 6.07) is 40.4. The Bertz CT molecular complexity index is 3110. The quantitative estimate of drug-likeness (QED) is 0.169. The number of ether oxygens (including phenoxy) is 2. The number of hydrogen-bond donors (Lipinski definition) is 2. The molecular weight excluding hydrogens is 705 g/mol. The van der Waals surface area contributed by atoms with Gasteiger partial charge in [0.05, 0.1) is 0 Å². The summed E-state index contributed by atoms with van der Waals surface area (Å²) in [4.78, 5) is 24.7. The van der Waals surface area contributed by atoms with Gasteiger partial charge in [0.15, 0.2) is 10.9 Å². The normalized spacial score (nSPS) is 12.7. The van der Waals surface area contributed by atoms with E-state index in [0.29, 0.717) is 35.9 Å². The molecule has 0 bridgehead atoms. The standard InChI is InChI=1S/C48H28O8/c49-29-5-11-35-41(21-29)55-42-22-30(50)6-12-36(42)45(35)27-1-9-33-25(19-27)3-15-39-47(33)48-34-10-2-28(20-26(34)4-16-40(48)54-18-17-53-39)46-37-13-7-31(51)23-43(37)56-44-24-32(52)8-14-38(44)46/h1-16,19-24,49,51H,17-18H2. The molecule has 11 rings (SSSR count). The summed E-state index contributed by atoms with van der Waals surface area (Å²) < 4.78 is 24.9. The van der Waals surface area contributed by atoms with Gasteiger partial charge in [-0.2, -0.15) is 0 Å². The number of phenols is 2. The molecule has 0 saturated heterocycles. The molecule has 6 aromatic carbocycles. The van der Waals surface area contributed by atoms with Crippen LogP contribution in [0.15, 0.2) is 152 Å². The van der Waals surface area contributed by atoms with Crippen LogP contribution in [0, 0.1) is 0 Å². The third-order valence-electron chi connectivity index (χ3n) is 10.7. The molecule has 0 atom stereocenters. The third kappa shape index (κ3) is 4.93. The Morgan fingerprint density at radius 1 is 0.411 bits per heavy atom. The minimum atomic E-state index is -0.164. The first-order chi connectivity index (χ1) is 27.4. The molecule has 0 unspecified atom stereocenters. The Labute approximate surface area is 317 Å². The molecule has 8 heteroatoms. The smallest absolute Gasteiger partial charge is 0.182 e. The lowest BCUT2D eigenvalue weighted by molar-refractivity contribution is 0.215. The summed E-state index contributed by atoms with van der Waals surface area (Å²) >= 11 is 0. The topological polar surface area (TPSA) is 119 Å². The van der Waals surface area contributed by atoms with E-state index in [-0.39, 0.29) is 22.4 Å². The summed E-state index contributed by atoms with van der Waals surface area (Å²) in [5.41, 5.74) is 7.64. The summed E-state index contributed by atoms with van der Waals surface area (Å²) in [6.07, 6.45) is 0. The van der Waals surface area contributed by atoms with E-state index in [1.807, 2.05) is 24.3 Å². The summed E-state index contributed by atoms with van der Waals surface area (Å²) in [5, 5.41) is 26.1. The third-order valence-corrected chi connectivity index (χ3v) is 10.7. The maximum Gasteiger partial charge on any atom is 0.182 e. The average molecular weight is 733 g/mol. The highest BCUT2D eigenvalue weighted by Gasteiger charge is 2.24. The molecule has 0 saturated carbocycles. The van der Waals surface area contributed by atoms with E-state index < -0.39 is 0 Å². The van der Waals surface area contributed by atoms with E-state index >= 15 is 0 Å². The van der Waals surface area contributed by atoms with Gasteiger partial charge in [-0.05, 0) is 105 Å². The second-order valence-corrected chi connectivity index (χ2v) is 14.1. The minimum absolute atomic E-state index is 0.0706. The van der Waals surface area contributed by atoms with Crippen LogP contribution >= 0.6 is 0 Å². The maximum atomic E-state index is 12.4. The first kappa shape index (κ1) is 31.9. The molecule has 3 heterocycles. The lowest BCUT2D eigenvalue weighted by atomic mass is 9.87. The van der Waals surface area contributed by atoms with Crippen molar-refractivity contribution < 1.29 is 28.5 Å². The molecule has 0 fully saturated rings. The zero-order chi connectivity index (χ0) is 37.7. The molecular formula is C48H28O8. The van der Waals surface area contributed by atoms with Crippen molar-refractivity contribution in [2.75, 3.05) is 13.2 Å². The highest BCUT2D eigenvalue weighted by atomic mass is 16.5. The van der Waals surface area contributed by atoms with Crippen molar-refractivity contribution in [1.82, 2.24) is 0 Å². The Kier molecular flexibility index (Phi) is 6.82. The van der Waals surface area contributed by atoms with Gasteiger partial charge < -0.3 is 28.5 Å². The fourth-order valence-corrected chi connectivity index (χ4v) is 8.33. The Morgan fingerprint density at radius 3 is 1.32 bits per heavy atom. The van der Waals surface area contributed by atoms with Gasteiger partial charge >= 0.3 is 0 Å². The van der Waals surface area contributed by atoms with Gasteiger partial charge in [0, 0.05) is 68.4 Å². The molecule has 8 nitrogen and oxygen atoms in total. The summed E-state index contributed by atoms with van der Waals surface area (Å²) in [7, 11) is 0. The van der Waals surface area contributed by atoms with E-state index in [2.05, 4.69) is 48.5 Å². The van der Waals surface area contributed by atoms with E-state index in [1.165, 1.54) is 24.3 Å². The molecule has 0 radical (unpaired) electrons. The van der Waals surface area contributed by atoms with Crippen LogP contribution < -0.4 is 20.3 Å². The van der Waals surface area contributed by atoms with Crippen LogP contribution in [0.4, 0.5) is 0 Å². The minimum Gasteiger partial charge on any atom is -0.508 e. The van der Waals surface area contributed by atoms with Gasteiger partial charge in [-0.25, -0.2) is 0 Å². The van der Waals surface area contributed by atoms with Gasteiger partial charge in [0.1, 0.15) is 58.9 Å². The number of rotatable bonds is 2. The largest absolute Gasteiger partial charge is 0.508 e. The van der Waals surface area contributed by atoms with Gasteiger partial charge in [0.2, 0.25) is 0 Å². The molecule has 268 valence electrons. The molecule has 5 aliphatic rings. The first-order valence-corrected chi connectivity index (χ1v) is 18.2. The van der Waals surface area contributed by atoms with Crippen LogP contribution in [-0.2, 0) is 0 Å². The van der Waals surface area contributed by atoms with Crippen molar-refractivity contribution in [2.45, 2.75) is 0 Å². The molecule has 56 heavy (non-hydrogen) atoms. The van der Waals surface area contributed by atoms with Crippen molar-refractivity contribution in [2.24, 2.45) is 0 Å². The van der Waals surface area contributed by atoms with E-state index in [4.69, 9.17) is 18.3 Å². The van der Waals surface area contributed by atoms with Crippen molar-refractivity contribution in [3.05, 3.63) is 154 Å². The molecule has 0 amide bonds. The molecule has 0 spiro atoms. The van der Waals surface area contributed by atoms with Gasteiger partial charge in [-0.3, -0.25) is 9.59 Å². The van der Waals surface area contributed by atoms with Gasteiger partial charge in [0.25, 0.3) is 0 Å². The van der Waals surface area contributed by atoms with Crippen molar-refractivity contribution in [1.29, 1.82) is 0 Å². The van der Waals surface area contributed by atoms with Crippen LogP contribution in [0.1, 0.15) is 0 Å². The SMILES string of the molecule is O=c1ccc2c(-c3ccc4c5c(ccc4c3)OCCOc3ccc4cc(-c6c7ccc(=O)cc-7oc7cc(O)ccc67)ccc4c3-5)c3ccc(O)cc3oc-2c1. The second-order valence-electron chi connectivity index (χ2n) is 14.1. The Hall–Kier alpha value is -7.58. The number of benzene rings is 8. The van der Waals surface area contributed by atoms with Gasteiger partial charge in [-0.15, -0.1) is 0 Å². The molecule has 2 aliphatic carbocycles. The summed E-state index contributed by atoms with van der Waals surface area (Å²) in [6.45, 7) is 0.764. The number of fused-ring (bicyclic) bond motifs is 11. The Morgan fingerprint density at radius 2 is 0.857 bits per heavy atom. The van der Waals surface area contributed by atoms with Crippen LogP contribution in [-0.4, -0.2) is 23.4 Å². The Balaban J connectivity index is 1.13. The van der Waals surface area contributed by atoms with Crippen LogP contribution in [0.2, 0.25) is 0 Å². The molecule has 2 N–H and O–H groups in total. The zero-order valence-electron chi connectivity index (χ0n) is 29.5. The molecule has 3 aliphatic heterocycles. The fraction of sp³-hybridized carbons (Fsp3) is 0.0417. The van der Waals surface area contributed by atoms with Crippen LogP contribution in [0.3, 0.4) is 0 Å². The highest BCUT2D eigenvalue weighted by Crippen LogP contribution is 2.49.